The van der Waals surface area contributed by atoms with Crippen LogP contribution in [0.1, 0.15) is 142 Å². The lowest BCUT2D eigenvalue weighted by atomic mass is 9.81. The van der Waals surface area contributed by atoms with Crippen LogP contribution < -0.4 is 53.0 Å². The lowest BCUT2D eigenvalue weighted by Crippen LogP contribution is -2.60. The van der Waals surface area contributed by atoms with Gasteiger partial charge in [-0.15, -0.1) is 0 Å². The Labute approximate surface area is 576 Å². The Morgan fingerprint density at radius 2 is 1.53 bits per heavy atom. The van der Waals surface area contributed by atoms with Crippen LogP contribution in [0.15, 0.2) is 17.2 Å². The normalized spacial score (nSPS) is 25.4. The van der Waals surface area contributed by atoms with Crippen molar-refractivity contribution >= 4 is 110 Å². The first-order valence-electron chi connectivity index (χ1n) is 33.9. The number of primary amides is 1. The first kappa shape index (κ1) is 79.4. The van der Waals surface area contributed by atoms with E-state index in [4.69, 9.17) is 15.6 Å². The smallest absolute Gasteiger partial charge is 0.306 e. The number of carboxylic acid groups (broad SMARTS) is 1. The van der Waals surface area contributed by atoms with Gasteiger partial charge in [0.2, 0.25) is 59.1 Å². The number of aliphatic carboxylic acids is 1. The van der Waals surface area contributed by atoms with Crippen molar-refractivity contribution in [3.63, 3.8) is 0 Å². The second kappa shape index (κ2) is 38.7. The minimum atomic E-state index is -2.41. The summed E-state index contributed by atoms with van der Waals surface area (Å²) in [6.45, 7) is 4.94. The van der Waals surface area contributed by atoms with Crippen LogP contribution >= 0.6 is 11.8 Å². The van der Waals surface area contributed by atoms with Gasteiger partial charge in [-0.05, 0) is 93.1 Å². The number of hydrogen-bond acceptors (Lipinski definition) is 19. The maximum absolute atomic E-state index is 15.4. The molecule has 0 radical (unpaired) electrons. The van der Waals surface area contributed by atoms with Crippen LogP contribution in [0.25, 0.3) is 10.9 Å². The first-order valence-corrected chi connectivity index (χ1v) is 36.4. The highest BCUT2D eigenvalue weighted by atomic mass is 32.2. The predicted molar refractivity (Wildman–Crippen MR) is 359 cm³/mol. The molecule has 4 aliphatic rings. The number of hydrogen-bond donors (Lipinski definition) is 14. The fourth-order valence-electron chi connectivity index (χ4n) is 12.8. The molecule has 1 saturated heterocycles. The Hall–Kier alpha value is -7.55. The highest BCUT2D eigenvalue weighted by molar-refractivity contribution is 7.98. The van der Waals surface area contributed by atoms with Crippen molar-refractivity contribution < 1.29 is 91.7 Å². The minimum Gasteiger partial charge on any atom is -0.496 e. The average molecular weight is 1410 g/mol. The zero-order valence-corrected chi connectivity index (χ0v) is 58.1. The van der Waals surface area contributed by atoms with Crippen molar-refractivity contribution in [2.75, 3.05) is 64.5 Å². The fourth-order valence-corrected chi connectivity index (χ4v) is 15.2. The Kier molecular flexibility index (Phi) is 31.4. The number of methoxy groups -OCH3 is 1. The summed E-state index contributed by atoms with van der Waals surface area (Å²) < 4.78 is 21.2. The van der Waals surface area contributed by atoms with Gasteiger partial charge in [-0.25, -0.2) is 0 Å². The summed E-state index contributed by atoms with van der Waals surface area (Å²) in [6.07, 6.45) is 1.18. The number of benzene rings is 1. The summed E-state index contributed by atoms with van der Waals surface area (Å²) in [5, 5.41) is 62.9. The van der Waals surface area contributed by atoms with Gasteiger partial charge in [-0.2, -0.15) is 11.8 Å². The minimum absolute atomic E-state index is 0.00573. The molecule has 30 nitrogen and oxygen atoms in total. The number of fused-ring (bicyclic) bond motifs is 5. The summed E-state index contributed by atoms with van der Waals surface area (Å²) in [5.41, 5.74) is 6.75. The van der Waals surface area contributed by atoms with Gasteiger partial charge < -0.3 is 83.3 Å². The predicted octanol–water partition coefficient (Wildman–Crippen LogP) is -0.596. The molecular formula is C66H99N11O19S2. The number of carbonyl (C=O) groups is 13. The molecule has 32 heteroatoms. The number of nitrogens with two attached hydrogens (primary N) is 1. The Balaban J connectivity index is 1.21. The first-order chi connectivity index (χ1) is 46.6. The number of nitrogens with one attached hydrogen (secondary N) is 9. The summed E-state index contributed by atoms with van der Waals surface area (Å²) >= 11 is 1.51. The number of H-pyrrole nitrogens is 1. The van der Waals surface area contributed by atoms with Crippen molar-refractivity contribution in [1.29, 1.82) is 0 Å². The van der Waals surface area contributed by atoms with Crippen LogP contribution in [0.3, 0.4) is 0 Å². The molecule has 6 rings (SSSR count). The highest BCUT2D eigenvalue weighted by Gasteiger charge is 2.45. The third-order valence-corrected chi connectivity index (χ3v) is 21.5. The summed E-state index contributed by atoms with van der Waals surface area (Å²) in [7, 11) is -0.966. The number of nitrogens with zero attached hydrogens (tertiary/aromatic N) is 1. The Morgan fingerprint density at radius 1 is 0.827 bits per heavy atom. The molecule has 98 heavy (non-hydrogen) atoms. The molecule has 1 aromatic carbocycles. The van der Waals surface area contributed by atoms with E-state index in [0.717, 1.165) is 24.2 Å². The van der Waals surface area contributed by atoms with Gasteiger partial charge >= 0.3 is 5.97 Å². The maximum atomic E-state index is 15.4. The molecule has 10 amide bonds. The van der Waals surface area contributed by atoms with Crippen LogP contribution in [-0.4, -0.2) is 212 Å². The molecule has 3 aliphatic heterocycles. The Morgan fingerprint density at radius 3 is 2.21 bits per heavy atom. The standard InChI is InChI=1S/C66H99N11O19S2/c1-6-35(2)44-25-41(79)29-71-60(88)40-23-45-43-17-18-52(96-5)46(33-97-21-11-10-19-68-54(84)12-8-7-9-20-69-59(87)39-15-13-38(14-16-39)28-70-55(85)22-36(3)66(93)94)58(43)76-64(45)98(95)34-48(73-56(86)30-72-61(44)89)62(90)74-47(27-53(67)83)65(92)77-31-42(80)26-49(77)63(91)75-57(50(81)24-40)37(4)51(82)32-78/h17-18,35-40,42,44,47-49,51,57,76,78,80,82H,6-16,19-34H2,1-5H3,(H2,67,83)(H,68,84)(H,69,87)(H,70,85)(H,71,88)(H,72,89)(H,73,86)(H,74,90)(H,75,91)(H,93,94)/t35-,36?,37-,38?,39?,40+,42+,44-,47-,48-,49-,51-,57-,98?/m0/s1. The number of thioether (sulfide) groups is 1. The average Bonchev–Trinajstić information content (AvgIpc) is 1.61. The highest BCUT2D eigenvalue weighted by Crippen LogP contribution is 2.38. The number of Topliss-reactive ketones (excluding diaryl/α,β-unsaturated/α-hetero) is 2. The molecule has 0 spiro atoms. The topological polar surface area (TPSA) is 470 Å². The Bertz CT molecular complexity index is 3230. The van der Waals surface area contributed by atoms with Gasteiger partial charge in [0.1, 0.15) is 28.9 Å². The molecule has 15 N–H and O–H groups in total. The zero-order valence-electron chi connectivity index (χ0n) is 56.5. The third-order valence-electron chi connectivity index (χ3n) is 19.0. The van der Waals surface area contributed by atoms with E-state index in [9.17, 15) is 72.9 Å². The zero-order chi connectivity index (χ0) is 71.9. The van der Waals surface area contributed by atoms with Crippen LogP contribution in [0.4, 0.5) is 0 Å². The number of rotatable bonds is 27. The van der Waals surface area contributed by atoms with E-state index in [-0.39, 0.29) is 58.7 Å². The molecule has 1 aromatic heterocycles. The van der Waals surface area contributed by atoms with Crippen molar-refractivity contribution in [2.45, 2.75) is 184 Å². The molecule has 1 aliphatic carbocycles. The van der Waals surface area contributed by atoms with Crippen molar-refractivity contribution in [2.24, 2.45) is 47.2 Å². The van der Waals surface area contributed by atoms with E-state index >= 15 is 9.00 Å². The molecule has 4 heterocycles. The van der Waals surface area contributed by atoms with E-state index in [1.54, 1.807) is 26.0 Å². The van der Waals surface area contributed by atoms with Crippen molar-refractivity contribution in [1.82, 2.24) is 52.4 Å². The van der Waals surface area contributed by atoms with E-state index in [1.807, 2.05) is 0 Å². The number of amides is 10. The SMILES string of the molecule is CC[C@H](C)[C@@H]1CC(=O)CNC(=O)[C@H]2CC(=O)[C@H]([C@@H](C)[C@@H](O)CO)NC(=O)[C@@H]3C[C@@H](O)CN3C(=O)[C@H](CC(N)=O)NC(=O)[C@H](CS(=O)c3[nH]c4c(CSCCCCNC(=O)CCCCCNC(=O)C5CCC(CNC(=O)CC(C)C(=O)O)CC5)c(OC)ccc4c3C2)NC(=O)CNC1=O. The maximum Gasteiger partial charge on any atom is 0.306 e. The quantitative estimate of drug-likeness (QED) is 0.0497. The second-order valence-electron chi connectivity index (χ2n) is 26.4. The van der Waals surface area contributed by atoms with Gasteiger partial charge in [0.15, 0.2) is 11.6 Å². The van der Waals surface area contributed by atoms with Crippen molar-refractivity contribution in [3.05, 3.63) is 23.3 Å². The van der Waals surface area contributed by atoms with E-state index in [1.165, 1.54) is 32.7 Å². The lowest BCUT2D eigenvalue weighted by Gasteiger charge is -2.32. The molecule has 1 saturated carbocycles. The van der Waals surface area contributed by atoms with E-state index in [0.29, 0.717) is 99.0 Å². The molecule has 12 atom stereocenters. The van der Waals surface area contributed by atoms with Crippen LogP contribution in [-0.2, 0) is 85.3 Å². The monoisotopic (exact) mass is 1410 g/mol. The number of carbonyl (C=O) groups excluding carboxylic acids is 12. The molecule has 2 aromatic rings. The molecular weight excluding hydrogens is 1310 g/mol. The number of aromatic amines is 1. The van der Waals surface area contributed by atoms with Gasteiger partial charge in [0, 0.05) is 98.7 Å². The molecule has 2 unspecified atom stereocenters. The van der Waals surface area contributed by atoms with Gasteiger partial charge in [0.25, 0.3) is 0 Å². The van der Waals surface area contributed by atoms with E-state index < -0.39 is 193 Å². The van der Waals surface area contributed by atoms with Crippen LogP contribution in [0, 0.1) is 41.4 Å². The number of aliphatic hydroxyl groups excluding tert-OH is 3. The van der Waals surface area contributed by atoms with Crippen molar-refractivity contribution in [3.8, 4) is 5.75 Å². The summed E-state index contributed by atoms with van der Waals surface area (Å²) in [5.74, 6) is -14.1. The lowest BCUT2D eigenvalue weighted by molar-refractivity contribution is -0.144. The largest absolute Gasteiger partial charge is 0.496 e. The number of ether oxygens (including phenoxy) is 1. The van der Waals surface area contributed by atoms with Gasteiger partial charge in [-0.1, -0.05) is 40.5 Å². The van der Waals surface area contributed by atoms with E-state index in [2.05, 4.69) is 47.5 Å². The van der Waals surface area contributed by atoms with Crippen LogP contribution in [0.5, 0.6) is 5.75 Å². The summed E-state index contributed by atoms with van der Waals surface area (Å²) in [4.78, 5) is 181. The molecule has 544 valence electrons. The molecule has 2 bridgehead atoms. The number of unbranched alkanes of at least 4 members (excludes halogenated alkanes) is 3. The number of aromatic nitrogens is 1. The second-order valence-corrected chi connectivity index (χ2v) is 28.9. The number of ketones is 2. The molecule has 2 fully saturated rings. The van der Waals surface area contributed by atoms with Crippen LogP contribution in [0.2, 0.25) is 0 Å². The fraction of sp³-hybridized carbons (Fsp3) is 0.682. The van der Waals surface area contributed by atoms with Gasteiger partial charge in [-0.3, -0.25) is 66.5 Å². The third kappa shape index (κ3) is 23.0. The summed E-state index contributed by atoms with van der Waals surface area (Å²) in [6, 6.07) is -3.67. The number of aliphatic hydroxyl groups is 3. The number of carboxylic acids is 1. The van der Waals surface area contributed by atoms with Gasteiger partial charge in [0.05, 0.1) is 79.5 Å².